The minimum Gasteiger partial charge on any atom is -0.324 e. The summed E-state index contributed by atoms with van der Waals surface area (Å²) in [7, 11) is -8.51. The Morgan fingerprint density at radius 2 is 1.95 bits per heavy atom. The Morgan fingerprint density at radius 3 is 2.48 bits per heavy atom. The van der Waals surface area contributed by atoms with Gasteiger partial charge in [0.2, 0.25) is 0 Å². The van der Waals surface area contributed by atoms with E-state index in [4.69, 9.17) is 14.3 Å². The summed E-state index contributed by atoms with van der Waals surface area (Å²) in [5.74, 6) is 0. The second-order valence-electron chi connectivity index (χ2n) is 5.32. The maximum atomic E-state index is 11.2. The SMILES string of the molecule is CC1=Nc2ccc(S(=O)(=O)O)cc2C1(C)CCP(=O)(O)O. The molecule has 0 bridgehead atoms. The van der Waals surface area contributed by atoms with E-state index in [-0.39, 0.29) is 17.5 Å². The lowest BCUT2D eigenvalue weighted by Gasteiger charge is -2.26. The van der Waals surface area contributed by atoms with Gasteiger partial charge in [-0.2, -0.15) is 8.42 Å². The van der Waals surface area contributed by atoms with Gasteiger partial charge in [-0.15, -0.1) is 0 Å². The molecule has 1 heterocycles. The average molecular weight is 333 g/mol. The first kappa shape index (κ1) is 16.3. The molecule has 1 aliphatic rings. The molecule has 1 aromatic carbocycles. The van der Waals surface area contributed by atoms with Gasteiger partial charge in [-0.25, -0.2) is 0 Å². The molecule has 0 spiro atoms. The van der Waals surface area contributed by atoms with Crippen LogP contribution in [0.3, 0.4) is 0 Å². The summed E-state index contributed by atoms with van der Waals surface area (Å²) >= 11 is 0. The predicted molar refractivity (Wildman–Crippen MR) is 77.9 cm³/mol. The number of hydrogen-bond donors (Lipinski definition) is 3. The highest BCUT2D eigenvalue weighted by atomic mass is 32.2. The van der Waals surface area contributed by atoms with Gasteiger partial charge in [0.05, 0.1) is 16.7 Å². The molecule has 116 valence electrons. The molecular formula is C12H16NO6PS. The topological polar surface area (TPSA) is 124 Å². The average Bonchev–Trinajstić information content (AvgIpc) is 2.58. The van der Waals surface area contributed by atoms with Crippen molar-refractivity contribution < 1.29 is 27.3 Å². The van der Waals surface area contributed by atoms with E-state index in [9.17, 15) is 13.0 Å². The van der Waals surface area contributed by atoms with E-state index in [2.05, 4.69) is 4.99 Å². The van der Waals surface area contributed by atoms with Gasteiger partial charge in [0.15, 0.2) is 0 Å². The normalized spacial score (nSPS) is 22.0. The molecule has 9 heteroatoms. The first-order valence-corrected chi connectivity index (χ1v) is 9.40. The van der Waals surface area contributed by atoms with E-state index in [0.29, 0.717) is 17.0 Å². The molecule has 21 heavy (non-hydrogen) atoms. The summed E-state index contributed by atoms with van der Waals surface area (Å²) in [6.45, 7) is 3.48. The minimum absolute atomic E-state index is 0.133. The first-order valence-electron chi connectivity index (χ1n) is 6.16. The zero-order valence-electron chi connectivity index (χ0n) is 11.5. The number of rotatable bonds is 4. The maximum absolute atomic E-state index is 11.2. The second kappa shape index (κ2) is 5.00. The smallest absolute Gasteiger partial charge is 0.324 e. The molecule has 0 radical (unpaired) electrons. The van der Waals surface area contributed by atoms with Crippen LogP contribution in [-0.4, -0.2) is 34.6 Å². The third-order valence-corrected chi connectivity index (χ3v) is 5.51. The largest absolute Gasteiger partial charge is 0.325 e. The van der Waals surface area contributed by atoms with Crippen LogP contribution in [0.2, 0.25) is 0 Å². The van der Waals surface area contributed by atoms with Crippen molar-refractivity contribution in [1.29, 1.82) is 0 Å². The van der Waals surface area contributed by atoms with Gasteiger partial charge in [0.25, 0.3) is 10.1 Å². The molecule has 1 aliphatic heterocycles. The van der Waals surface area contributed by atoms with Gasteiger partial charge in [0, 0.05) is 11.1 Å². The van der Waals surface area contributed by atoms with Crippen LogP contribution in [0.25, 0.3) is 0 Å². The lowest BCUT2D eigenvalue weighted by molar-refractivity contribution is 0.368. The maximum Gasteiger partial charge on any atom is 0.325 e. The number of fused-ring (bicyclic) bond motifs is 1. The van der Waals surface area contributed by atoms with Crippen molar-refractivity contribution in [2.24, 2.45) is 4.99 Å². The summed E-state index contributed by atoms with van der Waals surface area (Å²) in [5.41, 5.74) is 0.979. The fourth-order valence-electron chi connectivity index (χ4n) is 2.40. The summed E-state index contributed by atoms with van der Waals surface area (Å²) in [5, 5.41) is 0. The molecule has 7 nitrogen and oxygen atoms in total. The van der Waals surface area contributed by atoms with Crippen LogP contribution in [-0.2, 0) is 20.1 Å². The zero-order valence-corrected chi connectivity index (χ0v) is 13.2. The molecule has 2 rings (SSSR count). The van der Waals surface area contributed by atoms with Crippen molar-refractivity contribution in [3.63, 3.8) is 0 Å². The van der Waals surface area contributed by atoms with Gasteiger partial charge in [-0.05, 0) is 37.1 Å². The highest BCUT2D eigenvalue weighted by molar-refractivity contribution is 7.85. The summed E-state index contributed by atoms with van der Waals surface area (Å²) < 4.78 is 42.7. The third kappa shape index (κ3) is 3.25. The Morgan fingerprint density at radius 1 is 1.33 bits per heavy atom. The molecule has 0 saturated carbocycles. The van der Waals surface area contributed by atoms with Crippen LogP contribution in [0.15, 0.2) is 28.1 Å². The van der Waals surface area contributed by atoms with E-state index < -0.39 is 23.1 Å². The second-order valence-corrected chi connectivity index (χ2v) is 8.52. The van der Waals surface area contributed by atoms with Crippen LogP contribution in [0.1, 0.15) is 25.8 Å². The Labute approximate surface area is 122 Å². The highest BCUT2D eigenvalue weighted by Crippen LogP contribution is 2.47. The van der Waals surface area contributed by atoms with E-state index in [1.165, 1.54) is 18.2 Å². The summed E-state index contributed by atoms with van der Waals surface area (Å²) in [6.07, 6.45) is -0.194. The van der Waals surface area contributed by atoms with Crippen molar-refractivity contribution in [2.75, 3.05) is 6.16 Å². The lowest BCUT2D eigenvalue weighted by atomic mass is 9.78. The number of benzene rings is 1. The number of aliphatic imine (C=N–C) groups is 1. The van der Waals surface area contributed by atoms with Crippen LogP contribution >= 0.6 is 7.60 Å². The molecule has 0 aliphatic carbocycles. The van der Waals surface area contributed by atoms with Crippen LogP contribution in [0.5, 0.6) is 0 Å². The quantitative estimate of drug-likeness (QED) is 0.570. The lowest BCUT2D eigenvalue weighted by Crippen LogP contribution is -2.29. The number of nitrogens with zero attached hydrogens (tertiary/aromatic N) is 1. The van der Waals surface area contributed by atoms with Gasteiger partial charge in [-0.3, -0.25) is 14.1 Å². The van der Waals surface area contributed by atoms with Crippen molar-refractivity contribution in [3.05, 3.63) is 23.8 Å². The monoisotopic (exact) mass is 333 g/mol. The van der Waals surface area contributed by atoms with Crippen molar-refractivity contribution in [3.8, 4) is 0 Å². The fourth-order valence-corrected chi connectivity index (χ4v) is 3.64. The summed E-state index contributed by atoms with van der Waals surface area (Å²) in [6, 6.07) is 4.04. The van der Waals surface area contributed by atoms with E-state index in [1.54, 1.807) is 13.8 Å². The zero-order chi connectivity index (χ0) is 16.1. The molecule has 0 aromatic heterocycles. The Bertz CT molecular complexity index is 766. The van der Waals surface area contributed by atoms with Gasteiger partial charge in [-0.1, -0.05) is 6.92 Å². The highest BCUT2D eigenvalue weighted by Gasteiger charge is 2.38. The Hall–Kier alpha value is -1.05. The first-order chi connectivity index (χ1) is 9.43. The van der Waals surface area contributed by atoms with Gasteiger partial charge >= 0.3 is 7.60 Å². The molecule has 1 atom stereocenters. The third-order valence-electron chi connectivity index (χ3n) is 3.85. The minimum atomic E-state index is -4.34. The van der Waals surface area contributed by atoms with E-state index >= 15 is 0 Å². The van der Waals surface area contributed by atoms with E-state index in [1.807, 2.05) is 0 Å². The molecule has 0 amide bonds. The number of hydrogen-bond acceptors (Lipinski definition) is 4. The van der Waals surface area contributed by atoms with Crippen molar-refractivity contribution >= 4 is 29.1 Å². The molecule has 3 N–H and O–H groups in total. The van der Waals surface area contributed by atoms with Crippen LogP contribution in [0, 0.1) is 0 Å². The Balaban J connectivity index is 2.48. The molecular weight excluding hydrogens is 317 g/mol. The molecule has 0 saturated heterocycles. The standard InChI is InChI=1S/C12H16NO6PS/c1-8-12(2,5-6-20(14,15)16)10-7-9(21(17,18)19)3-4-11(10)13-8/h3-4,7H,5-6H2,1-2H3,(H2,14,15,16)(H,17,18,19). The molecule has 1 aromatic rings. The predicted octanol–water partition coefficient (Wildman–Crippen LogP) is 1.86. The molecule has 0 fully saturated rings. The van der Waals surface area contributed by atoms with Gasteiger partial charge in [0.1, 0.15) is 0 Å². The molecule has 1 unspecified atom stereocenters. The van der Waals surface area contributed by atoms with Crippen molar-refractivity contribution in [2.45, 2.75) is 30.6 Å². The summed E-state index contributed by atoms with van der Waals surface area (Å²) in [4.78, 5) is 22.2. The Kier molecular flexibility index (Phi) is 3.89. The van der Waals surface area contributed by atoms with Crippen LogP contribution < -0.4 is 0 Å². The fraction of sp³-hybridized carbons (Fsp3) is 0.417. The van der Waals surface area contributed by atoms with Crippen LogP contribution in [0.4, 0.5) is 5.69 Å². The van der Waals surface area contributed by atoms with E-state index in [0.717, 1.165) is 0 Å². The van der Waals surface area contributed by atoms with Gasteiger partial charge < -0.3 is 9.79 Å². The van der Waals surface area contributed by atoms with Crippen molar-refractivity contribution in [1.82, 2.24) is 0 Å².